The van der Waals surface area contributed by atoms with Gasteiger partial charge in [-0.25, -0.2) is 9.78 Å². The molecule has 3 rings (SSSR count). The van der Waals surface area contributed by atoms with E-state index in [9.17, 15) is 4.79 Å². The summed E-state index contributed by atoms with van der Waals surface area (Å²) in [6, 6.07) is 0. The molecule has 3 heterocycles. The molecule has 8 heteroatoms. The van der Waals surface area contributed by atoms with Crippen LogP contribution in [0.3, 0.4) is 0 Å². The number of halogens is 1. The Balaban J connectivity index is 1.71. The first kappa shape index (κ1) is 18.6. The highest BCUT2D eigenvalue weighted by molar-refractivity contribution is 6.35. The third-order valence-electron chi connectivity index (χ3n) is 4.42. The summed E-state index contributed by atoms with van der Waals surface area (Å²) < 4.78 is 5.42. The van der Waals surface area contributed by atoms with Crippen molar-refractivity contribution in [2.45, 2.75) is 39.2 Å². The maximum atomic E-state index is 11.9. The number of alkyl carbamates (subject to hydrolysis) is 1. The van der Waals surface area contributed by atoms with Crippen molar-refractivity contribution < 1.29 is 9.53 Å². The van der Waals surface area contributed by atoms with Crippen LogP contribution in [0.5, 0.6) is 0 Å². The summed E-state index contributed by atoms with van der Waals surface area (Å²) >= 11 is 6.44. The van der Waals surface area contributed by atoms with E-state index in [1.807, 2.05) is 20.8 Å². The largest absolute Gasteiger partial charge is 0.449 e. The minimum Gasteiger partial charge on any atom is -0.449 e. The molecule has 0 saturated carbocycles. The number of nitrogens with one attached hydrogen (secondary N) is 2. The number of H-pyrrole nitrogens is 1. The van der Waals surface area contributed by atoms with Crippen molar-refractivity contribution in [3.8, 4) is 0 Å². The van der Waals surface area contributed by atoms with Crippen LogP contribution < -0.4 is 16.0 Å². The summed E-state index contributed by atoms with van der Waals surface area (Å²) in [6.07, 6.45) is 5.01. The van der Waals surface area contributed by atoms with Crippen molar-refractivity contribution in [3.05, 3.63) is 17.4 Å². The molecule has 0 aliphatic carbocycles. The van der Waals surface area contributed by atoms with Gasteiger partial charge in [-0.15, -0.1) is 0 Å². The van der Waals surface area contributed by atoms with Crippen LogP contribution >= 0.6 is 11.6 Å². The fourth-order valence-electron chi connectivity index (χ4n) is 3.33. The van der Waals surface area contributed by atoms with Gasteiger partial charge in [-0.1, -0.05) is 11.6 Å². The molecule has 142 valence electrons. The number of pyridine rings is 1. The lowest BCUT2D eigenvalue weighted by Gasteiger charge is -2.35. The van der Waals surface area contributed by atoms with Crippen molar-refractivity contribution in [1.29, 1.82) is 0 Å². The van der Waals surface area contributed by atoms with Crippen LogP contribution in [0.1, 0.15) is 33.6 Å². The summed E-state index contributed by atoms with van der Waals surface area (Å²) in [6.45, 7) is 7.80. The first-order chi connectivity index (χ1) is 12.2. The van der Waals surface area contributed by atoms with Gasteiger partial charge in [-0.2, -0.15) is 0 Å². The first-order valence-electron chi connectivity index (χ1n) is 8.85. The summed E-state index contributed by atoms with van der Waals surface area (Å²) in [5.74, 6) is 0.244. The Morgan fingerprint density at radius 2 is 2.31 bits per heavy atom. The van der Waals surface area contributed by atoms with E-state index in [1.54, 1.807) is 12.4 Å². The number of aromatic nitrogens is 2. The molecule has 2 aromatic rings. The van der Waals surface area contributed by atoms with Crippen molar-refractivity contribution in [2.75, 3.05) is 30.3 Å². The number of carbonyl (C=O) groups excluding carboxylic acids is 1. The number of fused-ring (bicyclic) bond motifs is 1. The summed E-state index contributed by atoms with van der Waals surface area (Å²) in [5.41, 5.74) is 8.06. The van der Waals surface area contributed by atoms with Gasteiger partial charge in [0.25, 0.3) is 0 Å². The Labute approximate surface area is 158 Å². The van der Waals surface area contributed by atoms with Gasteiger partial charge >= 0.3 is 6.09 Å². The second-order valence-corrected chi connectivity index (χ2v) is 8.26. The average Bonchev–Trinajstić information content (AvgIpc) is 2.93. The fraction of sp³-hybridized carbons (Fsp3) is 0.556. The molecule has 1 amide bonds. The van der Waals surface area contributed by atoms with Crippen LogP contribution in [0.15, 0.2) is 12.4 Å². The van der Waals surface area contributed by atoms with Crippen molar-refractivity contribution in [1.82, 2.24) is 15.3 Å². The first-order valence-corrected chi connectivity index (χ1v) is 9.23. The van der Waals surface area contributed by atoms with E-state index in [1.165, 1.54) is 0 Å². The topological polar surface area (TPSA) is 96.3 Å². The zero-order chi connectivity index (χ0) is 18.9. The lowest BCUT2D eigenvalue weighted by molar-refractivity contribution is 0.115. The van der Waals surface area contributed by atoms with Crippen LogP contribution in [-0.2, 0) is 4.74 Å². The fourth-order valence-corrected chi connectivity index (χ4v) is 3.59. The Morgan fingerprint density at radius 3 is 3.04 bits per heavy atom. The van der Waals surface area contributed by atoms with Crippen molar-refractivity contribution in [3.63, 3.8) is 0 Å². The Morgan fingerprint density at radius 1 is 1.54 bits per heavy atom. The summed E-state index contributed by atoms with van der Waals surface area (Å²) in [5, 5.41) is 4.25. The molecular weight excluding hydrogens is 354 g/mol. The van der Waals surface area contributed by atoms with Crippen LogP contribution in [0, 0.1) is 5.92 Å². The molecule has 0 unspecified atom stereocenters. The van der Waals surface area contributed by atoms with Crippen molar-refractivity contribution >= 4 is 40.1 Å². The highest BCUT2D eigenvalue weighted by atomic mass is 35.5. The summed E-state index contributed by atoms with van der Waals surface area (Å²) in [7, 11) is 0. The standard InChI is InChI=1S/C18H26ClN5O2/c1-18(2,3)23-17(25)26-10-11-5-4-6-24(9-11)15-12(19)7-21-16-14(15)13(20)8-22-16/h7-8,11H,4-6,9-10,20H2,1-3H3,(H,21,22)(H,23,25)/t11-/m1/s1. The Kier molecular flexibility index (Phi) is 5.18. The molecule has 1 atom stereocenters. The van der Waals surface area contributed by atoms with Crippen LogP contribution in [0.4, 0.5) is 16.2 Å². The molecular formula is C18H26ClN5O2. The van der Waals surface area contributed by atoms with Crippen LogP contribution in [0.2, 0.25) is 5.02 Å². The highest BCUT2D eigenvalue weighted by Crippen LogP contribution is 2.38. The lowest BCUT2D eigenvalue weighted by atomic mass is 9.98. The van der Waals surface area contributed by atoms with E-state index in [4.69, 9.17) is 22.1 Å². The quantitative estimate of drug-likeness (QED) is 0.757. The van der Waals surface area contributed by atoms with Crippen LogP contribution in [0.25, 0.3) is 11.0 Å². The van der Waals surface area contributed by atoms with Gasteiger partial charge < -0.3 is 25.7 Å². The molecule has 1 fully saturated rings. The number of aromatic amines is 1. The number of nitrogen functional groups attached to an aromatic ring is 1. The third kappa shape index (κ3) is 4.15. The number of nitrogens with two attached hydrogens (primary N) is 1. The minimum atomic E-state index is -0.381. The van der Waals surface area contributed by atoms with Gasteiger partial charge in [-0.3, -0.25) is 0 Å². The second kappa shape index (κ2) is 7.23. The second-order valence-electron chi connectivity index (χ2n) is 7.85. The minimum absolute atomic E-state index is 0.244. The molecule has 4 N–H and O–H groups in total. The van der Waals surface area contributed by atoms with Gasteiger partial charge in [0.2, 0.25) is 0 Å². The molecule has 1 saturated heterocycles. The number of piperidine rings is 1. The maximum Gasteiger partial charge on any atom is 0.407 e. The normalized spacial score (nSPS) is 18.2. The Bertz CT molecular complexity index is 799. The molecule has 0 spiro atoms. The molecule has 1 aliphatic heterocycles. The maximum absolute atomic E-state index is 11.9. The number of carbonyl (C=O) groups is 1. The van der Waals surface area contributed by atoms with Gasteiger partial charge in [0.1, 0.15) is 5.65 Å². The van der Waals surface area contributed by atoms with Gasteiger partial charge in [0.05, 0.1) is 34.6 Å². The molecule has 0 aromatic carbocycles. The SMILES string of the molecule is CC(C)(C)NC(=O)OC[C@@H]1CCCN(c2c(Cl)cnc3[nH]cc(N)c23)C1. The van der Waals surface area contributed by atoms with E-state index in [2.05, 4.69) is 20.2 Å². The van der Waals surface area contributed by atoms with Gasteiger partial charge in [0, 0.05) is 30.7 Å². The number of ether oxygens (including phenoxy) is 1. The average molecular weight is 380 g/mol. The Hall–Kier alpha value is -2.15. The third-order valence-corrected chi connectivity index (χ3v) is 4.70. The lowest BCUT2D eigenvalue weighted by Crippen LogP contribution is -2.43. The number of amides is 1. The zero-order valence-corrected chi connectivity index (χ0v) is 16.2. The predicted molar refractivity (Wildman–Crippen MR) is 105 cm³/mol. The van der Waals surface area contributed by atoms with Crippen LogP contribution in [-0.4, -0.2) is 41.3 Å². The van der Waals surface area contributed by atoms with E-state index in [0.717, 1.165) is 42.7 Å². The van der Waals surface area contributed by atoms with E-state index in [-0.39, 0.29) is 17.6 Å². The number of rotatable bonds is 3. The number of nitrogens with zero attached hydrogens (tertiary/aromatic N) is 2. The highest BCUT2D eigenvalue weighted by Gasteiger charge is 2.26. The van der Waals surface area contributed by atoms with E-state index >= 15 is 0 Å². The van der Waals surface area contributed by atoms with E-state index < -0.39 is 0 Å². The molecule has 0 radical (unpaired) electrons. The number of hydrogen-bond donors (Lipinski definition) is 3. The smallest absolute Gasteiger partial charge is 0.407 e. The number of anilines is 2. The molecule has 1 aliphatic rings. The van der Waals surface area contributed by atoms with Crippen molar-refractivity contribution in [2.24, 2.45) is 5.92 Å². The molecule has 0 bridgehead atoms. The summed E-state index contributed by atoms with van der Waals surface area (Å²) in [4.78, 5) is 21.5. The van der Waals surface area contributed by atoms with E-state index in [0.29, 0.717) is 17.3 Å². The molecule has 7 nitrogen and oxygen atoms in total. The van der Waals surface area contributed by atoms with Gasteiger partial charge in [-0.05, 0) is 33.6 Å². The molecule has 26 heavy (non-hydrogen) atoms. The monoisotopic (exact) mass is 379 g/mol. The molecule has 2 aromatic heterocycles. The predicted octanol–water partition coefficient (Wildman–Crippen LogP) is 3.54. The van der Waals surface area contributed by atoms with Gasteiger partial charge in [0.15, 0.2) is 0 Å². The zero-order valence-electron chi connectivity index (χ0n) is 15.4. The number of hydrogen-bond acceptors (Lipinski definition) is 5.